The van der Waals surface area contributed by atoms with Gasteiger partial charge < -0.3 is 10.4 Å². The van der Waals surface area contributed by atoms with Gasteiger partial charge in [-0.15, -0.1) is 11.3 Å². The summed E-state index contributed by atoms with van der Waals surface area (Å²) in [5.41, 5.74) is 0.775. The van der Waals surface area contributed by atoms with E-state index in [1.807, 2.05) is 0 Å². The third kappa shape index (κ3) is 4.62. The summed E-state index contributed by atoms with van der Waals surface area (Å²) in [7, 11) is -3.66. The molecule has 0 bridgehead atoms. The summed E-state index contributed by atoms with van der Waals surface area (Å²) in [6, 6.07) is 4.31. The maximum atomic E-state index is 12.4. The number of rotatable bonds is 7. The van der Waals surface area contributed by atoms with Crippen molar-refractivity contribution in [3.05, 3.63) is 45.4 Å². The van der Waals surface area contributed by atoms with Gasteiger partial charge in [0.2, 0.25) is 10.0 Å². The lowest BCUT2D eigenvalue weighted by molar-refractivity contribution is 0.0691. The zero-order valence-electron chi connectivity index (χ0n) is 13.6. The van der Waals surface area contributed by atoms with Crippen molar-refractivity contribution in [3.63, 3.8) is 0 Å². The molecule has 0 saturated carbocycles. The van der Waals surface area contributed by atoms with Gasteiger partial charge in [0.1, 0.15) is 5.01 Å². The molecule has 0 aliphatic carbocycles. The fourth-order valence-corrected chi connectivity index (χ4v) is 3.80. The van der Waals surface area contributed by atoms with Crippen LogP contribution >= 0.6 is 11.3 Å². The van der Waals surface area contributed by atoms with Crippen LogP contribution in [0.2, 0.25) is 0 Å². The highest BCUT2D eigenvalue weighted by Crippen LogP contribution is 2.16. The van der Waals surface area contributed by atoms with Crippen LogP contribution in [0.25, 0.3) is 0 Å². The van der Waals surface area contributed by atoms with Crippen molar-refractivity contribution in [1.82, 2.24) is 15.0 Å². The number of carbonyl (C=O) groups is 2. The van der Waals surface area contributed by atoms with Gasteiger partial charge in [-0.3, -0.25) is 4.79 Å². The molecular formula is C15H17N3O5S2. The van der Waals surface area contributed by atoms with Crippen LogP contribution in [0, 0.1) is 6.92 Å². The minimum Gasteiger partial charge on any atom is -0.476 e. The van der Waals surface area contributed by atoms with Crippen molar-refractivity contribution in [3.8, 4) is 0 Å². The molecule has 1 aromatic carbocycles. The molecule has 0 aliphatic heterocycles. The number of carboxylic acid groups (broad SMARTS) is 1. The number of hydrogen-bond acceptors (Lipinski definition) is 6. The smallest absolute Gasteiger partial charge is 0.355 e. The van der Waals surface area contributed by atoms with Crippen molar-refractivity contribution in [1.29, 1.82) is 0 Å². The maximum Gasteiger partial charge on any atom is 0.355 e. The summed E-state index contributed by atoms with van der Waals surface area (Å²) in [4.78, 5) is 27.0. The van der Waals surface area contributed by atoms with E-state index in [9.17, 15) is 18.0 Å². The Morgan fingerprint density at radius 2 is 2.04 bits per heavy atom. The largest absolute Gasteiger partial charge is 0.476 e. The molecule has 25 heavy (non-hydrogen) atoms. The molecule has 1 amide bonds. The van der Waals surface area contributed by atoms with Crippen LogP contribution in [0.5, 0.6) is 0 Å². The Balaban J connectivity index is 2.16. The topological polar surface area (TPSA) is 125 Å². The number of benzene rings is 1. The van der Waals surface area contributed by atoms with Gasteiger partial charge in [0, 0.05) is 17.5 Å². The normalized spacial score (nSPS) is 11.3. The van der Waals surface area contributed by atoms with Gasteiger partial charge in [-0.05, 0) is 24.6 Å². The average molecular weight is 383 g/mol. The molecule has 1 heterocycles. The Morgan fingerprint density at radius 3 is 2.64 bits per heavy atom. The number of sulfonamides is 1. The number of hydrogen-bond donors (Lipinski definition) is 3. The van der Waals surface area contributed by atoms with E-state index >= 15 is 0 Å². The Hall–Kier alpha value is -2.30. The first kappa shape index (κ1) is 19.0. The Labute approximate surface area is 149 Å². The van der Waals surface area contributed by atoms with Crippen LogP contribution < -0.4 is 10.0 Å². The van der Waals surface area contributed by atoms with E-state index in [0.29, 0.717) is 10.6 Å². The number of aryl methyl sites for hydroxylation is 1. The predicted octanol–water partition coefficient (Wildman–Crippen LogP) is 1.38. The van der Waals surface area contributed by atoms with Crippen LogP contribution in [-0.2, 0) is 16.6 Å². The lowest BCUT2D eigenvalue weighted by Crippen LogP contribution is -2.26. The molecule has 2 rings (SSSR count). The predicted molar refractivity (Wildman–Crippen MR) is 92.3 cm³/mol. The van der Waals surface area contributed by atoms with Crippen molar-refractivity contribution in [2.45, 2.75) is 25.3 Å². The first-order valence-corrected chi connectivity index (χ1v) is 9.67. The van der Waals surface area contributed by atoms with Crippen molar-refractivity contribution in [2.75, 3.05) is 6.54 Å². The molecule has 8 nitrogen and oxygen atoms in total. The van der Waals surface area contributed by atoms with E-state index in [-0.39, 0.29) is 29.2 Å². The third-order valence-corrected chi connectivity index (χ3v) is 5.66. The van der Waals surface area contributed by atoms with Crippen LogP contribution in [0.4, 0.5) is 0 Å². The highest BCUT2D eigenvalue weighted by Gasteiger charge is 2.17. The summed E-state index contributed by atoms with van der Waals surface area (Å²) in [6.07, 6.45) is 0. The molecule has 2 aromatic rings. The van der Waals surface area contributed by atoms with Gasteiger partial charge in [-0.2, -0.15) is 0 Å². The number of carbonyl (C=O) groups excluding carboxylic acids is 1. The van der Waals surface area contributed by atoms with E-state index in [2.05, 4.69) is 15.0 Å². The lowest BCUT2D eigenvalue weighted by Gasteiger charge is -2.10. The van der Waals surface area contributed by atoms with Crippen LogP contribution in [0.3, 0.4) is 0 Å². The molecule has 0 unspecified atom stereocenters. The molecule has 0 spiro atoms. The minimum atomic E-state index is -3.66. The first-order chi connectivity index (χ1) is 11.7. The summed E-state index contributed by atoms with van der Waals surface area (Å²) in [6.45, 7) is 3.66. The van der Waals surface area contributed by atoms with Crippen LogP contribution in [0.1, 0.15) is 38.3 Å². The van der Waals surface area contributed by atoms with Crippen molar-refractivity contribution in [2.24, 2.45) is 0 Å². The third-order valence-electron chi connectivity index (χ3n) is 3.27. The van der Waals surface area contributed by atoms with Gasteiger partial charge in [-0.1, -0.05) is 13.0 Å². The van der Waals surface area contributed by atoms with Gasteiger partial charge in [0.25, 0.3) is 5.91 Å². The second-order valence-corrected chi connectivity index (χ2v) is 7.80. The van der Waals surface area contributed by atoms with Gasteiger partial charge in [-0.25, -0.2) is 22.9 Å². The van der Waals surface area contributed by atoms with E-state index in [1.54, 1.807) is 19.9 Å². The van der Waals surface area contributed by atoms with Gasteiger partial charge in [0.15, 0.2) is 5.69 Å². The fraction of sp³-hybridized carbons (Fsp3) is 0.267. The number of amides is 1. The molecular weight excluding hydrogens is 366 g/mol. The molecule has 1 aromatic heterocycles. The van der Waals surface area contributed by atoms with Gasteiger partial charge >= 0.3 is 5.97 Å². The second kappa shape index (κ2) is 7.72. The molecule has 3 N–H and O–H groups in total. The van der Waals surface area contributed by atoms with E-state index in [1.165, 1.54) is 17.5 Å². The van der Waals surface area contributed by atoms with E-state index < -0.39 is 21.9 Å². The number of carboxylic acids is 1. The number of nitrogens with one attached hydrogen (secondary N) is 2. The zero-order valence-corrected chi connectivity index (χ0v) is 15.2. The highest BCUT2D eigenvalue weighted by atomic mass is 32.2. The standard InChI is InChI=1S/C15H17N3O5S2/c1-3-17-25(22,23)10-5-4-9(2)11(6-10)14(19)16-7-13-18-12(8-24-13)15(20)21/h4-6,8,17H,3,7H2,1-2H3,(H,16,19)(H,20,21). The number of aromatic carboxylic acids is 1. The first-order valence-electron chi connectivity index (χ1n) is 7.30. The highest BCUT2D eigenvalue weighted by molar-refractivity contribution is 7.89. The molecule has 0 fully saturated rings. The molecule has 0 saturated heterocycles. The molecule has 0 radical (unpaired) electrons. The molecule has 134 valence electrons. The van der Waals surface area contributed by atoms with Crippen LogP contribution in [-0.4, -0.2) is 36.9 Å². The van der Waals surface area contributed by atoms with Gasteiger partial charge in [0.05, 0.1) is 11.4 Å². The second-order valence-electron chi connectivity index (χ2n) is 5.09. The quantitative estimate of drug-likeness (QED) is 0.663. The summed E-state index contributed by atoms with van der Waals surface area (Å²) < 4.78 is 26.5. The SMILES string of the molecule is CCNS(=O)(=O)c1ccc(C)c(C(=O)NCc2nc(C(=O)O)cs2)c1. The van der Waals surface area contributed by atoms with Crippen LogP contribution in [0.15, 0.2) is 28.5 Å². The van der Waals surface area contributed by atoms with E-state index in [0.717, 1.165) is 11.3 Å². The lowest BCUT2D eigenvalue weighted by atomic mass is 10.1. The average Bonchev–Trinajstić information content (AvgIpc) is 3.02. The van der Waals surface area contributed by atoms with Crippen molar-refractivity contribution < 1.29 is 23.1 Å². The monoisotopic (exact) mass is 383 g/mol. The fourth-order valence-electron chi connectivity index (χ4n) is 2.03. The molecule has 0 aliphatic rings. The maximum absolute atomic E-state index is 12.4. The van der Waals surface area contributed by atoms with Crippen molar-refractivity contribution >= 4 is 33.2 Å². The number of aromatic nitrogens is 1. The summed E-state index contributed by atoms with van der Waals surface area (Å²) in [5.74, 6) is -1.59. The summed E-state index contributed by atoms with van der Waals surface area (Å²) in [5, 5.41) is 13.3. The minimum absolute atomic E-state index is 0.00696. The molecule has 0 atom stereocenters. The number of thiazole rings is 1. The Kier molecular flexibility index (Phi) is 5.88. The molecule has 10 heteroatoms. The Morgan fingerprint density at radius 1 is 1.32 bits per heavy atom. The zero-order chi connectivity index (χ0) is 18.6. The summed E-state index contributed by atoms with van der Waals surface area (Å²) >= 11 is 1.12. The van der Waals surface area contributed by atoms with E-state index in [4.69, 9.17) is 5.11 Å². The number of nitrogens with zero attached hydrogens (tertiary/aromatic N) is 1. The Bertz CT molecular complexity index is 906.